The van der Waals surface area contributed by atoms with Crippen molar-refractivity contribution in [3.63, 3.8) is 0 Å². The molecule has 1 heterocycles. The summed E-state index contributed by atoms with van der Waals surface area (Å²) in [6.07, 6.45) is 1.03. The molecule has 1 saturated heterocycles. The summed E-state index contributed by atoms with van der Waals surface area (Å²) in [4.78, 5) is 0. The van der Waals surface area contributed by atoms with Gasteiger partial charge in [-0.25, -0.2) is 0 Å². The van der Waals surface area contributed by atoms with E-state index in [9.17, 15) is 0 Å². The van der Waals surface area contributed by atoms with Crippen molar-refractivity contribution in [2.24, 2.45) is 0 Å². The molecule has 0 aromatic heterocycles. The largest absolute Gasteiger partial charge is 0.350 e. The van der Waals surface area contributed by atoms with Crippen LogP contribution in [-0.4, -0.2) is 6.61 Å². The third-order valence-electron chi connectivity index (χ3n) is 4.19. The van der Waals surface area contributed by atoms with Gasteiger partial charge in [-0.1, -0.05) is 99.6 Å². The van der Waals surface area contributed by atoms with Crippen molar-refractivity contribution < 1.29 is 44.2 Å². The van der Waals surface area contributed by atoms with E-state index in [4.69, 9.17) is 23.1 Å². The van der Waals surface area contributed by atoms with Crippen molar-refractivity contribution in [3.8, 4) is 0 Å². The van der Waals surface area contributed by atoms with E-state index in [1.54, 1.807) is 0 Å². The molecule has 4 rings (SSSR count). The molecule has 5 nitrogen and oxygen atoms in total. The second-order valence-electron chi connectivity index (χ2n) is 5.89. The molecule has 2 atom stereocenters. The smallest absolute Gasteiger partial charge is 0.0883 e. The average molecular weight is 570 g/mol. The zero-order chi connectivity index (χ0) is 24.9. The fourth-order valence-corrected chi connectivity index (χ4v) is 6.68. The molecule has 170 valence electrons. The van der Waals surface area contributed by atoms with Gasteiger partial charge in [0.15, 0.2) is 0 Å². The van der Waals surface area contributed by atoms with Crippen molar-refractivity contribution in [2.45, 2.75) is 6.42 Å². The van der Waals surface area contributed by atoms with Crippen LogP contribution in [0.1, 0.15) is 12.0 Å². The second-order valence-corrected chi connectivity index (χ2v) is 9.12. The second kappa shape index (κ2) is 22.7. The number of hydrogen-bond acceptors (Lipinski definition) is 1. The normalized spacial score (nSPS) is 14.5. The monoisotopic (exact) mass is 572 g/mol. The molecule has 1 aliphatic rings. The Morgan fingerprint density at radius 2 is 1.12 bits per heavy atom. The maximum atomic E-state index is 7.50. The van der Waals surface area contributed by atoms with Crippen molar-refractivity contribution in [3.05, 3.63) is 128 Å². The molecule has 34 heavy (non-hydrogen) atoms. The Balaban J connectivity index is 0. The van der Waals surface area contributed by atoms with Gasteiger partial charge in [0.25, 0.3) is 0 Å². The van der Waals surface area contributed by atoms with Crippen LogP contribution in [0.15, 0.2) is 96.3 Å². The Bertz CT molecular complexity index is 1010. The first-order valence-electron chi connectivity index (χ1n) is 9.32. The molecule has 8 heteroatoms. The van der Waals surface area contributed by atoms with Crippen LogP contribution in [-0.2, 0) is 44.2 Å². The number of benzene rings is 3. The van der Waals surface area contributed by atoms with Crippen LogP contribution in [0, 0.1) is 26.6 Å². The van der Waals surface area contributed by atoms with Gasteiger partial charge in [-0.3, -0.25) is 0 Å². The minimum absolute atomic E-state index is 0. The maximum absolute atomic E-state index is 7.50. The average Bonchev–Trinajstić information content (AvgIpc) is 3.43. The topological polar surface area (TPSA) is 88.8 Å². The molecular weight excluding hydrogens is 550 g/mol. The number of hydrogen-bond donors (Lipinski definition) is 0. The van der Waals surface area contributed by atoms with Crippen molar-refractivity contribution in [2.75, 3.05) is 6.61 Å². The van der Waals surface area contributed by atoms with E-state index in [0.717, 1.165) is 13.0 Å². The van der Waals surface area contributed by atoms with E-state index in [1.807, 2.05) is 0 Å². The Morgan fingerprint density at radius 3 is 1.62 bits per heavy atom. The quantitative estimate of drug-likeness (QED) is 0.180. The van der Waals surface area contributed by atoms with E-state index in [0.29, 0.717) is 8.58 Å². The van der Waals surface area contributed by atoms with E-state index in [2.05, 4.69) is 118 Å². The van der Waals surface area contributed by atoms with Gasteiger partial charge in [0.05, 0.1) is 14.8 Å². The third kappa shape index (κ3) is 10.9. The fourth-order valence-electron chi connectivity index (χ4n) is 3.01. The van der Waals surface area contributed by atoms with Crippen molar-refractivity contribution in [1.82, 2.24) is 0 Å². The summed E-state index contributed by atoms with van der Waals surface area (Å²) in [5.74, 6) is 0. The predicted octanol–water partition coefficient (Wildman–Crippen LogP) is 5.35. The molecule has 0 amide bonds. The molecule has 0 aliphatic carbocycles. The maximum Gasteiger partial charge on any atom is 0.0883 e. The summed E-state index contributed by atoms with van der Waals surface area (Å²) >= 11 is 0. The summed E-state index contributed by atoms with van der Waals surface area (Å²) < 4.78 is 36.2. The van der Waals surface area contributed by atoms with Gasteiger partial charge in [-0.15, -0.1) is 0 Å². The molecule has 2 unspecified atom stereocenters. The molecule has 1 fully saturated rings. The minimum Gasteiger partial charge on any atom is -0.350 e. The van der Waals surface area contributed by atoms with Gasteiger partial charge in [0, 0.05) is 26.4 Å². The van der Waals surface area contributed by atoms with Crippen LogP contribution in [0.3, 0.4) is 0 Å². The van der Waals surface area contributed by atoms with Crippen LogP contribution in [0.4, 0.5) is 0 Å². The summed E-state index contributed by atoms with van der Waals surface area (Å²) in [6, 6.07) is 32.3. The molecule has 3 aromatic carbocycles. The molecule has 0 N–H and O–H groups in total. The van der Waals surface area contributed by atoms with Gasteiger partial charge in [-0.2, -0.15) is 0 Å². The Hall–Kier alpha value is -2.13. The van der Waals surface area contributed by atoms with Crippen LogP contribution >= 0.6 is 16.7 Å². The molecule has 1 aliphatic heterocycles. The SMILES string of the molecule is [C-]#[O+].[C-]#[O+].[C-]#[O+].[C-]#[O+].[Mo].c1ccc(P/C(=C2/CCOP2c2ccccc2)c2ccccc2)cc1. The first kappa shape index (κ1) is 34.0. The van der Waals surface area contributed by atoms with Gasteiger partial charge >= 0.3 is 45.2 Å². The first-order valence-corrected chi connectivity index (χ1v) is 11.6. The predicted molar refractivity (Wildman–Crippen MR) is 127 cm³/mol. The van der Waals surface area contributed by atoms with E-state index in [-0.39, 0.29) is 21.1 Å². The molecule has 0 spiro atoms. The molecule has 0 bridgehead atoms. The standard InChI is InChI=1S/C22H20OP2.4CO.Mo/c1-4-10-18(11-5-1)22(24-19-12-6-2-7-13-19)21-16-17-23-25(21)20-14-8-3-9-15-20;4*1-2;/h1-15,24H,16-17H2;;;;;/b22-21-;;;;;. The number of rotatable bonds is 4. The van der Waals surface area contributed by atoms with Crippen LogP contribution < -0.4 is 10.6 Å². The Labute approximate surface area is 217 Å². The zero-order valence-corrected chi connectivity index (χ0v) is 21.9. The van der Waals surface area contributed by atoms with E-state index in [1.165, 1.54) is 26.8 Å². The fraction of sp³-hybridized carbons (Fsp3) is 0.0769. The minimum atomic E-state index is -0.676. The van der Waals surface area contributed by atoms with Crippen LogP contribution in [0.25, 0.3) is 5.31 Å². The summed E-state index contributed by atoms with van der Waals surface area (Å²) in [6.45, 7) is 18.8. The van der Waals surface area contributed by atoms with Gasteiger partial charge in [0.2, 0.25) is 0 Å². The van der Waals surface area contributed by atoms with E-state index < -0.39 is 8.15 Å². The van der Waals surface area contributed by atoms with Gasteiger partial charge in [0.1, 0.15) is 0 Å². The summed E-state index contributed by atoms with van der Waals surface area (Å²) in [5, 5.41) is 5.65. The molecular formula is C26H20MoO5P2. The Kier molecular flexibility index (Phi) is 22.7. The van der Waals surface area contributed by atoms with Crippen LogP contribution in [0.5, 0.6) is 0 Å². The molecule has 0 saturated carbocycles. The molecule has 0 radical (unpaired) electrons. The molecule has 3 aromatic rings. The van der Waals surface area contributed by atoms with Gasteiger partial charge < -0.3 is 4.52 Å². The third-order valence-corrected chi connectivity index (χ3v) is 8.01. The van der Waals surface area contributed by atoms with Crippen LogP contribution in [0.2, 0.25) is 0 Å². The van der Waals surface area contributed by atoms with Crippen molar-refractivity contribution in [1.29, 1.82) is 0 Å². The van der Waals surface area contributed by atoms with Crippen molar-refractivity contribution >= 4 is 32.7 Å². The summed E-state index contributed by atoms with van der Waals surface area (Å²) in [7, 11) is -0.0226. The zero-order valence-electron chi connectivity index (χ0n) is 18.0. The summed E-state index contributed by atoms with van der Waals surface area (Å²) in [5.41, 5.74) is 1.33. The van der Waals surface area contributed by atoms with Gasteiger partial charge in [-0.05, 0) is 27.9 Å². The Morgan fingerprint density at radius 1 is 0.676 bits per heavy atom. The van der Waals surface area contributed by atoms with E-state index >= 15 is 0 Å². The first-order chi connectivity index (χ1) is 16.4.